The van der Waals surface area contributed by atoms with Gasteiger partial charge in [0.15, 0.2) is 0 Å². The third-order valence-corrected chi connectivity index (χ3v) is 4.98. The highest BCUT2D eigenvalue weighted by Gasteiger charge is 2.44. The van der Waals surface area contributed by atoms with Crippen molar-refractivity contribution in [2.24, 2.45) is 5.92 Å². The van der Waals surface area contributed by atoms with Crippen LogP contribution in [0.5, 0.6) is 0 Å². The van der Waals surface area contributed by atoms with E-state index >= 15 is 0 Å². The number of benzene rings is 1. The van der Waals surface area contributed by atoms with Gasteiger partial charge in [0.2, 0.25) is 0 Å². The number of rotatable bonds is 3. The fourth-order valence-corrected chi connectivity index (χ4v) is 3.52. The summed E-state index contributed by atoms with van der Waals surface area (Å²) >= 11 is 4.11. The first-order chi connectivity index (χ1) is 10.0. The molecule has 1 aliphatic carbocycles. The molecular formula is C15H15NO4S. The summed E-state index contributed by atoms with van der Waals surface area (Å²) in [5.74, 6) is -1.61. The largest absolute Gasteiger partial charge is 0.480 e. The molecule has 1 fully saturated rings. The second kappa shape index (κ2) is 5.18. The van der Waals surface area contributed by atoms with Gasteiger partial charge >= 0.3 is 5.97 Å². The van der Waals surface area contributed by atoms with Crippen molar-refractivity contribution >= 4 is 30.4 Å². The maximum Gasteiger partial charge on any atom is 0.316 e. The minimum absolute atomic E-state index is 0.111. The molecule has 21 heavy (non-hydrogen) atoms. The molecule has 0 radical (unpaired) electrons. The number of imide groups is 1. The first-order valence-electron chi connectivity index (χ1n) is 6.88. The molecule has 110 valence electrons. The van der Waals surface area contributed by atoms with Gasteiger partial charge in [0.25, 0.3) is 11.8 Å². The number of fused-ring (bicyclic) bond motifs is 1. The van der Waals surface area contributed by atoms with Crippen LogP contribution in [-0.2, 0) is 4.79 Å². The van der Waals surface area contributed by atoms with Crippen LogP contribution in [0.25, 0.3) is 0 Å². The average molecular weight is 305 g/mol. The summed E-state index contributed by atoms with van der Waals surface area (Å²) in [7, 11) is 0. The Morgan fingerprint density at radius 1 is 1.19 bits per heavy atom. The van der Waals surface area contributed by atoms with Crippen LogP contribution >= 0.6 is 12.6 Å². The molecule has 2 aliphatic rings. The molecule has 0 saturated heterocycles. The third kappa shape index (κ3) is 2.23. The number of aliphatic carboxylic acids is 1. The van der Waals surface area contributed by atoms with Crippen LogP contribution in [0.1, 0.15) is 40.0 Å². The van der Waals surface area contributed by atoms with E-state index in [1.807, 2.05) is 0 Å². The Labute approximate surface area is 127 Å². The first-order valence-corrected chi connectivity index (χ1v) is 7.40. The minimum Gasteiger partial charge on any atom is -0.480 e. The lowest BCUT2D eigenvalue weighted by Crippen LogP contribution is -2.38. The first kappa shape index (κ1) is 14.1. The predicted molar refractivity (Wildman–Crippen MR) is 78.5 cm³/mol. The van der Waals surface area contributed by atoms with Gasteiger partial charge in [0, 0.05) is 6.04 Å². The topological polar surface area (TPSA) is 74.7 Å². The standard InChI is InChI=1S/C15H15NO4S/c17-13-10-3-1-2-4-11(10)14(18)16(13)9-6-5-8(7-9)12(21)15(19)20/h1-4,8-9,12,21H,5-7H2,(H,19,20). The van der Waals surface area contributed by atoms with E-state index in [2.05, 4.69) is 12.6 Å². The van der Waals surface area contributed by atoms with Gasteiger partial charge in [0.05, 0.1) is 11.1 Å². The van der Waals surface area contributed by atoms with E-state index in [1.165, 1.54) is 4.90 Å². The van der Waals surface area contributed by atoms with Gasteiger partial charge in [-0.2, -0.15) is 12.6 Å². The molecule has 1 saturated carbocycles. The van der Waals surface area contributed by atoms with Gasteiger partial charge in [-0.15, -0.1) is 0 Å². The summed E-state index contributed by atoms with van der Waals surface area (Å²) in [5, 5.41) is 8.27. The maximum atomic E-state index is 12.4. The summed E-state index contributed by atoms with van der Waals surface area (Å²) in [4.78, 5) is 37.0. The Hall–Kier alpha value is -1.82. The second-order valence-electron chi connectivity index (χ2n) is 5.54. The van der Waals surface area contributed by atoms with E-state index in [-0.39, 0.29) is 23.8 Å². The fraction of sp³-hybridized carbons (Fsp3) is 0.400. The summed E-state index contributed by atoms with van der Waals surface area (Å²) in [6.07, 6.45) is 1.81. The average Bonchev–Trinajstić information content (AvgIpc) is 3.03. The number of carboxylic acids is 1. The van der Waals surface area contributed by atoms with Crippen molar-refractivity contribution in [1.29, 1.82) is 0 Å². The van der Waals surface area contributed by atoms with Crippen LogP contribution in [0, 0.1) is 5.92 Å². The lowest BCUT2D eigenvalue weighted by atomic mass is 10.0. The SMILES string of the molecule is O=C(O)C(S)C1CCC(N2C(=O)c3ccccc3C2=O)C1. The number of carbonyl (C=O) groups is 3. The van der Waals surface area contributed by atoms with Crippen molar-refractivity contribution in [3.8, 4) is 0 Å². The number of nitrogens with zero attached hydrogens (tertiary/aromatic N) is 1. The Bertz CT molecular complexity index is 595. The summed E-state index contributed by atoms with van der Waals surface area (Å²) in [6.45, 7) is 0. The zero-order valence-corrected chi connectivity index (χ0v) is 12.1. The van der Waals surface area contributed by atoms with E-state index in [9.17, 15) is 14.4 Å². The molecule has 0 spiro atoms. The van der Waals surface area contributed by atoms with Crippen LogP contribution in [-0.4, -0.2) is 39.1 Å². The molecule has 1 N–H and O–H groups in total. The number of hydrogen-bond acceptors (Lipinski definition) is 4. The number of carbonyl (C=O) groups excluding carboxylic acids is 2. The highest BCUT2D eigenvalue weighted by molar-refractivity contribution is 7.81. The second-order valence-corrected chi connectivity index (χ2v) is 6.09. The Morgan fingerprint density at radius 3 is 2.29 bits per heavy atom. The van der Waals surface area contributed by atoms with Crippen molar-refractivity contribution in [1.82, 2.24) is 4.90 Å². The molecule has 3 rings (SSSR count). The van der Waals surface area contributed by atoms with Gasteiger partial charge in [-0.25, -0.2) is 0 Å². The minimum atomic E-state index is -0.952. The van der Waals surface area contributed by atoms with Gasteiger partial charge in [-0.05, 0) is 37.3 Å². The van der Waals surface area contributed by atoms with Gasteiger partial charge < -0.3 is 5.11 Å². The molecule has 3 atom stereocenters. The molecule has 0 bridgehead atoms. The van der Waals surface area contributed by atoms with E-state index in [0.29, 0.717) is 30.4 Å². The Kier molecular flexibility index (Phi) is 3.49. The van der Waals surface area contributed by atoms with Crippen molar-refractivity contribution < 1.29 is 19.5 Å². The molecule has 1 aromatic carbocycles. The number of carboxylic acid groups (broad SMARTS) is 1. The van der Waals surface area contributed by atoms with E-state index < -0.39 is 11.2 Å². The third-order valence-electron chi connectivity index (χ3n) is 4.34. The van der Waals surface area contributed by atoms with Gasteiger partial charge in [0.1, 0.15) is 5.25 Å². The molecule has 1 heterocycles. The van der Waals surface area contributed by atoms with Crippen molar-refractivity contribution in [2.75, 3.05) is 0 Å². The normalized spacial score (nSPS) is 26.0. The van der Waals surface area contributed by atoms with Crippen LogP contribution in [0.3, 0.4) is 0 Å². The molecular weight excluding hydrogens is 290 g/mol. The van der Waals surface area contributed by atoms with Gasteiger partial charge in [-0.1, -0.05) is 12.1 Å². The zero-order valence-electron chi connectivity index (χ0n) is 11.2. The van der Waals surface area contributed by atoms with Crippen molar-refractivity contribution in [2.45, 2.75) is 30.6 Å². The van der Waals surface area contributed by atoms with Crippen LogP contribution in [0.15, 0.2) is 24.3 Å². The predicted octanol–water partition coefficient (Wildman–Crippen LogP) is 1.83. The van der Waals surface area contributed by atoms with Gasteiger partial charge in [-0.3, -0.25) is 19.3 Å². The van der Waals surface area contributed by atoms with Crippen molar-refractivity contribution in [3.05, 3.63) is 35.4 Å². The molecule has 1 aliphatic heterocycles. The lowest BCUT2D eigenvalue weighted by Gasteiger charge is -2.22. The van der Waals surface area contributed by atoms with E-state index in [0.717, 1.165) is 0 Å². The fourth-order valence-electron chi connectivity index (χ4n) is 3.25. The summed E-state index contributed by atoms with van der Waals surface area (Å²) < 4.78 is 0. The Morgan fingerprint density at radius 2 is 1.76 bits per heavy atom. The van der Waals surface area contributed by atoms with E-state index in [1.54, 1.807) is 24.3 Å². The number of thiol groups is 1. The highest BCUT2D eigenvalue weighted by Crippen LogP contribution is 2.37. The summed E-state index contributed by atoms with van der Waals surface area (Å²) in [5.41, 5.74) is 0.873. The number of amides is 2. The molecule has 2 amide bonds. The molecule has 3 unspecified atom stereocenters. The molecule has 6 heteroatoms. The number of hydrogen-bond donors (Lipinski definition) is 2. The molecule has 5 nitrogen and oxygen atoms in total. The molecule has 0 aromatic heterocycles. The van der Waals surface area contributed by atoms with Crippen molar-refractivity contribution in [3.63, 3.8) is 0 Å². The quantitative estimate of drug-likeness (QED) is 0.660. The monoisotopic (exact) mass is 305 g/mol. The van der Waals surface area contributed by atoms with E-state index in [4.69, 9.17) is 5.11 Å². The molecule has 1 aromatic rings. The zero-order chi connectivity index (χ0) is 15.1. The maximum absolute atomic E-state index is 12.4. The van der Waals surface area contributed by atoms with Crippen LogP contribution in [0.4, 0.5) is 0 Å². The van der Waals surface area contributed by atoms with Crippen LogP contribution in [0.2, 0.25) is 0 Å². The highest BCUT2D eigenvalue weighted by atomic mass is 32.1. The summed E-state index contributed by atoms with van der Waals surface area (Å²) in [6, 6.07) is 6.55. The Balaban J connectivity index is 1.80. The smallest absolute Gasteiger partial charge is 0.316 e. The van der Waals surface area contributed by atoms with Crippen LogP contribution < -0.4 is 0 Å². The lowest BCUT2D eigenvalue weighted by molar-refractivity contribution is -0.137.